The highest BCUT2D eigenvalue weighted by molar-refractivity contribution is 6.06. The van der Waals surface area contributed by atoms with Crippen LogP contribution in [0.15, 0.2) is 42.7 Å². The lowest BCUT2D eigenvalue weighted by atomic mass is 9.95. The molecule has 2 saturated carbocycles. The van der Waals surface area contributed by atoms with Crippen LogP contribution in [0.1, 0.15) is 41.9 Å². The molecule has 3 atom stereocenters. The molecule has 5 rings (SSSR count). The standard InChI is InChI=1S/C21H22N4O/c1-13-22-9-10-25(13)20-12-17(15-6-2-3-7-18(15)23-20)21(26)24-19-8-4-5-14-11-16(14)19/h2-3,6-7,9-10,12,14,16,19H,4-5,8,11H2,1H3,(H,24,26). The Balaban J connectivity index is 1.55. The SMILES string of the molecule is Cc1nccn1-c1cc(C(=O)NC2CCCC3CC32)c2ccccc2n1. The average Bonchev–Trinajstić information content (AvgIpc) is 3.34. The molecule has 3 unspecified atom stereocenters. The van der Waals surface area contributed by atoms with Crippen LogP contribution in [-0.4, -0.2) is 26.5 Å². The number of amides is 1. The number of fused-ring (bicyclic) bond motifs is 2. The van der Waals surface area contributed by atoms with Crippen molar-refractivity contribution in [2.45, 2.75) is 38.6 Å². The number of nitrogens with zero attached hydrogens (tertiary/aromatic N) is 3. The number of nitrogens with one attached hydrogen (secondary N) is 1. The zero-order valence-corrected chi connectivity index (χ0v) is 14.9. The molecule has 0 bridgehead atoms. The van der Waals surface area contributed by atoms with Crippen molar-refractivity contribution in [3.05, 3.63) is 54.1 Å². The number of benzene rings is 1. The molecule has 5 nitrogen and oxygen atoms in total. The second-order valence-corrected chi connectivity index (χ2v) is 7.56. The van der Waals surface area contributed by atoms with E-state index in [9.17, 15) is 4.79 Å². The Hall–Kier alpha value is -2.69. The lowest BCUT2D eigenvalue weighted by molar-refractivity contribution is 0.0925. The van der Waals surface area contributed by atoms with Crippen LogP contribution in [0.3, 0.4) is 0 Å². The first-order chi connectivity index (χ1) is 12.7. The normalized spacial score (nSPS) is 24.3. The first-order valence-corrected chi connectivity index (χ1v) is 9.41. The van der Waals surface area contributed by atoms with Crippen LogP contribution in [0, 0.1) is 18.8 Å². The van der Waals surface area contributed by atoms with Gasteiger partial charge in [-0.2, -0.15) is 0 Å². The van der Waals surface area contributed by atoms with Gasteiger partial charge in [0.2, 0.25) is 0 Å². The maximum atomic E-state index is 13.1. The van der Waals surface area contributed by atoms with Crippen LogP contribution in [0.4, 0.5) is 0 Å². The van der Waals surface area contributed by atoms with Crippen molar-refractivity contribution < 1.29 is 4.79 Å². The molecule has 1 amide bonds. The molecule has 2 fully saturated rings. The molecule has 26 heavy (non-hydrogen) atoms. The van der Waals surface area contributed by atoms with Gasteiger partial charge in [0.15, 0.2) is 0 Å². The molecule has 1 N–H and O–H groups in total. The van der Waals surface area contributed by atoms with Crippen LogP contribution < -0.4 is 5.32 Å². The van der Waals surface area contributed by atoms with Gasteiger partial charge in [-0.3, -0.25) is 9.36 Å². The molecule has 2 aliphatic rings. The average molecular weight is 346 g/mol. The Morgan fingerprint density at radius 2 is 2.15 bits per heavy atom. The van der Waals surface area contributed by atoms with Gasteiger partial charge in [-0.15, -0.1) is 0 Å². The highest BCUT2D eigenvalue weighted by Gasteiger charge is 2.45. The molecule has 1 aromatic carbocycles. The van der Waals surface area contributed by atoms with Crippen molar-refractivity contribution in [3.8, 4) is 5.82 Å². The summed E-state index contributed by atoms with van der Waals surface area (Å²) < 4.78 is 1.92. The highest BCUT2D eigenvalue weighted by atomic mass is 16.1. The van der Waals surface area contributed by atoms with Gasteiger partial charge in [0.05, 0.1) is 11.1 Å². The number of carbonyl (C=O) groups excluding carboxylic acids is 1. The topological polar surface area (TPSA) is 59.8 Å². The Labute approximate surface area is 152 Å². The summed E-state index contributed by atoms with van der Waals surface area (Å²) in [7, 11) is 0. The van der Waals surface area contributed by atoms with Crippen molar-refractivity contribution >= 4 is 16.8 Å². The Morgan fingerprint density at radius 1 is 1.27 bits per heavy atom. The monoisotopic (exact) mass is 346 g/mol. The molecule has 2 heterocycles. The third kappa shape index (κ3) is 2.59. The van der Waals surface area contributed by atoms with Gasteiger partial charge in [0.25, 0.3) is 5.91 Å². The molecule has 2 aromatic heterocycles. The molecule has 5 heteroatoms. The number of hydrogen-bond donors (Lipinski definition) is 1. The minimum Gasteiger partial charge on any atom is -0.349 e. The number of imidazole rings is 1. The van der Waals surface area contributed by atoms with Gasteiger partial charge in [0, 0.05) is 23.8 Å². The fraction of sp³-hybridized carbons (Fsp3) is 0.381. The fourth-order valence-electron chi connectivity index (χ4n) is 4.43. The molecule has 3 aromatic rings. The van der Waals surface area contributed by atoms with E-state index in [1.165, 1.54) is 19.3 Å². The van der Waals surface area contributed by atoms with E-state index >= 15 is 0 Å². The zero-order chi connectivity index (χ0) is 17.7. The number of carbonyl (C=O) groups is 1. The number of hydrogen-bond acceptors (Lipinski definition) is 3. The van der Waals surface area contributed by atoms with Gasteiger partial charge < -0.3 is 5.32 Å². The summed E-state index contributed by atoms with van der Waals surface area (Å²) in [5.74, 6) is 3.13. The minimum atomic E-state index is 0.0140. The highest BCUT2D eigenvalue weighted by Crippen LogP contribution is 2.49. The van der Waals surface area contributed by atoms with E-state index in [1.807, 2.05) is 48.0 Å². The fourth-order valence-corrected chi connectivity index (χ4v) is 4.43. The van der Waals surface area contributed by atoms with E-state index < -0.39 is 0 Å². The van der Waals surface area contributed by atoms with Gasteiger partial charge in [-0.1, -0.05) is 31.0 Å². The van der Waals surface area contributed by atoms with E-state index in [2.05, 4.69) is 10.3 Å². The lowest BCUT2D eigenvalue weighted by Crippen LogP contribution is -2.38. The van der Waals surface area contributed by atoms with E-state index in [0.717, 1.165) is 34.9 Å². The smallest absolute Gasteiger partial charge is 0.252 e. The molecular weight excluding hydrogens is 324 g/mol. The van der Waals surface area contributed by atoms with Crippen LogP contribution in [0.2, 0.25) is 0 Å². The van der Waals surface area contributed by atoms with Crippen LogP contribution in [0.25, 0.3) is 16.7 Å². The number of para-hydroxylation sites is 1. The van der Waals surface area contributed by atoms with Crippen molar-refractivity contribution in [1.82, 2.24) is 19.9 Å². The Bertz CT molecular complexity index is 993. The summed E-state index contributed by atoms with van der Waals surface area (Å²) in [5.41, 5.74) is 1.53. The van der Waals surface area contributed by atoms with Gasteiger partial charge in [-0.25, -0.2) is 9.97 Å². The Morgan fingerprint density at radius 3 is 3.00 bits per heavy atom. The number of aryl methyl sites for hydroxylation is 1. The molecule has 0 radical (unpaired) electrons. The second kappa shape index (κ2) is 5.94. The predicted octanol–water partition coefficient (Wildman–Crippen LogP) is 3.65. The summed E-state index contributed by atoms with van der Waals surface area (Å²) in [6, 6.07) is 10.1. The van der Waals surface area contributed by atoms with Crippen LogP contribution in [0.5, 0.6) is 0 Å². The molecule has 0 saturated heterocycles. The quantitative estimate of drug-likeness (QED) is 0.787. The number of rotatable bonds is 3. The molecule has 132 valence electrons. The first-order valence-electron chi connectivity index (χ1n) is 9.41. The number of aromatic nitrogens is 3. The van der Waals surface area contributed by atoms with E-state index in [4.69, 9.17) is 4.98 Å². The molecule has 0 aliphatic heterocycles. The molecule has 0 spiro atoms. The third-order valence-corrected chi connectivity index (χ3v) is 5.92. The maximum Gasteiger partial charge on any atom is 0.252 e. The summed E-state index contributed by atoms with van der Waals surface area (Å²) in [5, 5.41) is 4.21. The van der Waals surface area contributed by atoms with E-state index in [1.54, 1.807) is 6.20 Å². The van der Waals surface area contributed by atoms with Crippen molar-refractivity contribution in [2.24, 2.45) is 11.8 Å². The van der Waals surface area contributed by atoms with Crippen LogP contribution in [-0.2, 0) is 0 Å². The second-order valence-electron chi connectivity index (χ2n) is 7.56. The minimum absolute atomic E-state index is 0.0140. The predicted molar refractivity (Wildman–Crippen MR) is 100 cm³/mol. The van der Waals surface area contributed by atoms with Crippen LogP contribution >= 0.6 is 0 Å². The lowest BCUT2D eigenvalue weighted by Gasteiger charge is -2.23. The van der Waals surface area contributed by atoms with Gasteiger partial charge in [0.1, 0.15) is 11.6 Å². The van der Waals surface area contributed by atoms with Crippen molar-refractivity contribution in [3.63, 3.8) is 0 Å². The van der Waals surface area contributed by atoms with E-state index in [0.29, 0.717) is 17.5 Å². The molecular formula is C21H22N4O. The van der Waals surface area contributed by atoms with Crippen molar-refractivity contribution in [2.75, 3.05) is 0 Å². The Kier molecular flexibility index (Phi) is 3.55. The first kappa shape index (κ1) is 15.6. The van der Waals surface area contributed by atoms with Crippen molar-refractivity contribution in [1.29, 1.82) is 0 Å². The van der Waals surface area contributed by atoms with Gasteiger partial charge >= 0.3 is 0 Å². The largest absolute Gasteiger partial charge is 0.349 e. The zero-order valence-electron chi connectivity index (χ0n) is 14.9. The molecule has 2 aliphatic carbocycles. The summed E-state index contributed by atoms with van der Waals surface area (Å²) in [6.07, 6.45) is 8.57. The summed E-state index contributed by atoms with van der Waals surface area (Å²) in [4.78, 5) is 22.1. The van der Waals surface area contributed by atoms with E-state index in [-0.39, 0.29) is 5.91 Å². The maximum absolute atomic E-state index is 13.1. The number of pyridine rings is 1. The summed E-state index contributed by atoms with van der Waals surface area (Å²) >= 11 is 0. The van der Waals surface area contributed by atoms with Gasteiger partial charge in [-0.05, 0) is 43.7 Å². The summed E-state index contributed by atoms with van der Waals surface area (Å²) in [6.45, 7) is 1.94. The third-order valence-electron chi connectivity index (χ3n) is 5.92.